The number of rotatable bonds is 4. The van der Waals surface area contributed by atoms with Gasteiger partial charge < -0.3 is 11.1 Å². The first kappa shape index (κ1) is 11.6. The molecule has 92 valence electrons. The molecule has 1 aliphatic rings. The Labute approximate surface area is 99.4 Å². The predicted molar refractivity (Wildman–Crippen MR) is 65.7 cm³/mol. The van der Waals surface area contributed by atoms with E-state index in [0.717, 1.165) is 0 Å². The van der Waals surface area contributed by atoms with Crippen LogP contribution in [-0.4, -0.2) is 15.9 Å². The topological polar surface area (TPSA) is 94.1 Å². The molecule has 6 heteroatoms. The van der Waals surface area contributed by atoms with Crippen LogP contribution < -0.4 is 11.1 Å². The molecule has 1 aliphatic carbocycles. The van der Waals surface area contributed by atoms with Crippen LogP contribution in [0.2, 0.25) is 0 Å². The maximum absolute atomic E-state index is 10.9. The van der Waals surface area contributed by atoms with Gasteiger partial charge in [0.2, 0.25) is 5.82 Å². The van der Waals surface area contributed by atoms with Crippen molar-refractivity contribution in [2.75, 3.05) is 11.1 Å². The van der Waals surface area contributed by atoms with Gasteiger partial charge in [-0.25, -0.2) is 4.98 Å². The molecule has 1 aromatic rings. The van der Waals surface area contributed by atoms with Crippen LogP contribution in [0.5, 0.6) is 0 Å². The fraction of sp³-hybridized carbons (Fsp3) is 0.545. The van der Waals surface area contributed by atoms with Gasteiger partial charge in [-0.3, -0.25) is 10.1 Å². The summed E-state index contributed by atoms with van der Waals surface area (Å²) in [7, 11) is 0. The first-order chi connectivity index (χ1) is 8.08. The Morgan fingerprint density at radius 3 is 2.82 bits per heavy atom. The smallest absolute Gasteiger partial charge is 0.311 e. The quantitative estimate of drug-likeness (QED) is 0.617. The molecular weight excluding hydrogens is 220 g/mol. The van der Waals surface area contributed by atoms with Crippen LogP contribution >= 0.6 is 0 Å². The van der Waals surface area contributed by atoms with Crippen LogP contribution in [0.25, 0.3) is 0 Å². The molecule has 0 radical (unpaired) electrons. The number of anilines is 2. The Bertz CT molecular complexity index is 431. The van der Waals surface area contributed by atoms with Crippen LogP contribution in [0, 0.1) is 16.0 Å². The van der Waals surface area contributed by atoms with Crippen molar-refractivity contribution in [3.63, 3.8) is 0 Å². The van der Waals surface area contributed by atoms with Gasteiger partial charge in [-0.05, 0) is 31.7 Å². The first-order valence-electron chi connectivity index (χ1n) is 5.75. The van der Waals surface area contributed by atoms with E-state index >= 15 is 0 Å². The summed E-state index contributed by atoms with van der Waals surface area (Å²) in [5.74, 6) is 1.14. The highest BCUT2D eigenvalue weighted by molar-refractivity contribution is 5.59. The van der Waals surface area contributed by atoms with Crippen LogP contribution in [0.15, 0.2) is 12.1 Å². The number of hydrogen-bond acceptors (Lipinski definition) is 5. The van der Waals surface area contributed by atoms with Gasteiger partial charge in [0, 0.05) is 12.1 Å². The summed E-state index contributed by atoms with van der Waals surface area (Å²) < 4.78 is 0. The fourth-order valence-corrected chi connectivity index (χ4v) is 1.99. The van der Waals surface area contributed by atoms with Gasteiger partial charge in [0.25, 0.3) is 0 Å². The molecule has 6 nitrogen and oxygen atoms in total. The van der Waals surface area contributed by atoms with Crippen LogP contribution in [0.4, 0.5) is 17.3 Å². The third-order valence-electron chi connectivity index (χ3n) is 3.31. The van der Waals surface area contributed by atoms with E-state index in [2.05, 4.69) is 10.3 Å². The third kappa shape index (κ3) is 2.46. The minimum atomic E-state index is -0.442. The molecule has 1 heterocycles. The van der Waals surface area contributed by atoms with Gasteiger partial charge in [0.1, 0.15) is 5.82 Å². The lowest BCUT2D eigenvalue weighted by Gasteiger charge is -2.32. The normalized spacial score (nSPS) is 17.2. The number of pyridine rings is 1. The fourth-order valence-electron chi connectivity index (χ4n) is 1.99. The highest BCUT2D eigenvalue weighted by atomic mass is 16.6. The Morgan fingerprint density at radius 1 is 1.59 bits per heavy atom. The van der Waals surface area contributed by atoms with E-state index in [9.17, 15) is 10.1 Å². The van der Waals surface area contributed by atoms with Crippen molar-refractivity contribution in [3.05, 3.63) is 22.2 Å². The Hall–Kier alpha value is -1.85. The van der Waals surface area contributed by atoms with Gasteiger partial charge in [-0.1, -0.05) is 6.42 Å². The molecule has 0 aromatic carbocycles. The summed E-state index contributed by atoms with van der Waals surface area (Å²) >= 11 is 0. The summed E-state index contributed by atoms with van der Waals surface area (Å²) in [6.07, 6.45) is 3.58. The maximum atomic E-state index is 10.9. The van der Waals surface area contributed by atoms with Gasteiger partial charge in [-0.2, -0.15) is 0 Å². The Kier molecular flexibility index (Phi) is 3.12. The number of aromatic nitrogens is 1. The van der Waals surface area contributed by atoms with Crippen molar-refractivity contribution < 1.29 is 4.92 Å². The van der Waals surface area contributed by atoms with E-state index in [1.807, 2.05) is 6.92 Å². The molecule has 1 atom stereocenters. The summed E-state index contributed by atoms with van der Waals surface area (Å²) in [4.78, 5) is 14.4. The van der Waals surface area contributed by atoms with Crippen molar-refractivity contribution in [1.82, 2.24) is 4.98 Å². The first-order valence-corrected chi connectivity index (χ1v) is 5.75. The van der Waals surface area contributed by atoms with Crippen molar-refractivity contribution >= 4 is 17.3 Å². The summed E-state index contributed by atoms with van der Waals surface area (Å²) in [6, 6.07) is 3.02. The predicted octanol–water partition coefficient (Wildman–Crippen LogP) is 2.17. The minimum absolute atomic E-state index is 0.0228. The van der Waals surface area contributed by atoms with Gasteiger partial charge in [0.05, 0.1) is 4.92 Å². The SMILES string of the molecule is CC(Nc1nc(N)ccc1[N+](=O)[O-])C1CCC1. The zero-order valence-electron chi connectivity index (χ0n) is 9.72. The molecule has 0 bridgehead atoms. The molecule has 1 unspecified atom stereocenters. The van der Waals surface area contributed by atoms with E-state index in [4.69, 9.17) is 5.73 Å². The van der Waals surface area contributed by atoms with E-state index in [1.165, 1.54) is 31.4 Å². The van der Waals surface area contributed by atoms with E-state index in [0.29, 0.717) is 11.7 Å². The lowest BCUT2D eigenvalue weighted by atomic mass is 9.80. The molecule has 1 fully saturated rings. The van der Waals surface area contributed by atoms with Crippen LogP contribution in [0.1, 0.15) is 26.2 Å². The molecule has 1 aromatic heterocycles. The highest BCUT2D eigenvalue weighted by Gasteiger charge is 2.26. The van der Waals surface area contributed by atoms with Gasteiger partial charge in [-0.15, -0.1) is 0 Å². The van der Waals surface area contributed by atoms with Gasteiger partial charge in [0.15, 0.2) is 0 Å². The molecule has 0 amide bonds. The van der Waals surface area contributed by atoms with Gasteiger partial charge >= 0.3 is 5.69 Å². The van der Waals surface area contributed by atoms with Crippen molar-refractivity contribution in [1.29, 1.82) is 0 Å². The molecule has 3 N–H and O–H groups in total. The molecule has 0 aliphatic heterocycles. The minimum Gasteiger partial charge on any atom is -0.384 e. The van der Waals surface area contributed by atoms with Crippen LogP contribution in [-0.2, 0) is 0 Å². The molecule has 17 heavy (non-hydrogen) atoms. The second kappa shape index (κ2) is 4.57. The number of nitrogens with two attached hydrogens (primary N) is 1. The molecule has 1 saturated carbocycles. The number of hydrogen-bond donors (Lipinski definition) is 2. The number of nitrogens with zero attached hydrogens (tertiary/aromatic N) is 2. The molecule has 0 spiro atoms. The second-order valence-corrected chi connectivity index (χ2v) is 4.48. The lowest BCUT2D eigenvalue weighted by Crippen LogP contribution is -2.31. The summed E-state index contributed by atoms with van der Waals surface area (Å²) in [6.45, 7) is 2.03. The molecule has 2 rings (SSSR count). The standard InChI is InChI=1S/C11H16N4O2/c1-7(8-3-2-4-8)13-11-9(15(16)17)5-6-10(12)14-11/h5-8H,2-4H2,1H3,(H3,12,13,14). The second-order valence-electron chi connectivity index (χ2n) is 4.48. The summed E-state index contributed by atoms with van der Waals surface area (Å²) in [5, 5.41) is 14.0. The zero-order chi connectivity index (χ0) is 12.4. The van der Waals surface area contributed by atoms with E-state index in [1.54, 1.807) is 0 Å². The van der Waals surface area contributed by atoms with Crippen molar-refractivity contribution in [2.45, 2.75) is 32.2 Å². The molecular formula is C11H16N4O2. The van der Waals surface area contributed by atoms with E-state index in [-0.39, 0.29) is 17.5 Å². The summed E-state index contributed by atoms with van der Waals surface area (Å²) in [5.41, 5.74) is 5.53. The van der Waals surface area contributed by atoms with Crippen molar-refractivity contribution in [3.8, 4) is 0 Å². The number of nitrogens with one attached hydrogen (secondary N) is 1. The third-order valence-corrected chi connectivity index (χ3v) is 3.31. The van der Waals surface area contributed by atoms with Crippen LogP contribution in [0.3, 0.4) is 0 Å². The number of nitrogen functional groups attached to an aromatic ring is 1. The monoisotopic (exact) mass is 236 g/mol. The Balaban J connectivity index is 2.17. The lowest BCUT2D eigenvalue weighted by molar-refractivity contribution is -0.384. The highest BCUT2D eigenvalue weighted by Crippen LogP contribution is 2.32. The average Bonchev–Trinajstić information content (AvgIpc) is 2.13. The molecule has 0 saturated heterocycles. The average molecular weight is 236 g/mol. The van der Waals surface area contributed by atoms with Crippen molar-refractivity contribution in [2.24, 2.45) is 5.92 Å². The largest absolute Gasteiger partial charge is 0.384 e. The zero-order valence-corrected chi connectivity index (χ0v) is 9.72. The Morgan fingerprint density at radius 2 is 2.29 bits per heavy atom. The maximum Gasteiger partial charge on any atom is 0.311 e. The number of nitro groups is 1. The van der Waals surface area contributed by atoms with E-state index < -0.39 is 4.92 Å².